The van der Waals surface area contributed by atoms with Gasteiger partial charge in [0.15, 0.2) is 0 Å². The molecule has 0 aromatic carbocycles. The van der Waals surface area contributed by atoms with E-state index in [2.05, 4.69) is 9.44 Å². The quantitative estimate of drug-likeness (QED) is 0.624. The molecule has 0 aliphatic carbocycles. The average molecular weight is 223 g/mol. The molecular formula is C8H21N3O2S. The number of nitrogens with one attached hydrogen (secondary N) is 2. The van der Waals surface area contributed by atoms with Gasteiger partial charge in [-0.15, -0.1) is 0 Å². The number of rotatable bonds is 4. The third kappa shape index (κ3) is 6.31. The van der Waals surface area contributed by atoms with E-state index in [1.54, 1.807) is 34.6 Å². The SMILES string of the molecule is CC(C)(C)NS(=O)(=O)NC(C)(C)CN. The molecule has 86 valence electrons. The minimum Gasteiger partial charge on any atom is -0.329 e. The summed E-state index contributed by atoms with van der Waals surface area (Å²) in [4.78, 5) is 0. The Morgan fingerprint density at radius 3 is 1.79 bits per heavy atom. The molecule has 4 N–H and O–H groups in total. The lowest BCUT2D eigenvalue weighted by molar-refractivity contribution is 0.435. The first kappa shape index (κ1) is 13.8. The van der Waals surface area contributed by atoms with Gasteiger partial charge in [0.1, 0.15) is 0 Å². The number of hydrogen-bond acceptors (Lipinski definition) is 3. The third-order valence-corrected chi connectivity index (χ3v) is 3.06. The van der Waals surface area contributed by atoms with Crippen LogP contribution in [0.4, 0.5) is 0 Å². The Balaban J connectivity index is 4.53. The maximum atomic E-state index is 11.5. The molecule has 0 saturated heterocycles. The molecule has 0 aliphatic heterocycles. The van der Waals surface area contributed by atoms with Crippen LogP contribution in [0.2, 0.25) is 0 Å². The van der Waals surface area contributed by atoms with E-state index in [1.807, 2.05) is 0 Å². The lowest BCUT2D eigenvalue weighted by Gasteiger charge is -2.27. The van der Waals surface area contributed by atoms with Crippen molar-refractivity contribution in [3.8, 4) is 0 Å². The topological polar surface area (TPSA) is 84.2 Å². The van der Waals surface area contributed by atoms with Crippen LogP contribution in [0.1, 0.15) is 34.6 Å². The molecule has 0 aliphatic rings. The summed E-state index contributed by atoms with van der Waals surface area (Å²) in [7, 11) is -3.49. The molecule has 0 fully saturated rings. The first-order chi connectivity index (χ1) is 5.97. The minimum absolute atomic E-state index is 0.248. The Labute approximate surface area is 86.6 Å². The summed E-state index contributed by atoms with van der Waals surface area (Å²) in [6.45, 7) is 9.05. The molecule has 0 aromatic heterocycles. The summed E-state index contributed by atoms with van der Waals surface area (Å²) in [6, 6.07) is 0. The van der Waals surface area contributed by atoms with Crippen molar-refractivity contribution in [1.82, 2.24) is 9.44 Å². The molecule has 0 unspecified atom stereocenters. The van der Waals surface area contributed by atoms with E-state index in [9.17, 15) is 8.42 Å². The normalized spacial score (nSPS) is 14.4. The Morgan fingerprint density at radius 2 is 1.50 bits per heavy atom. The van der Waals surface area contributed by atoms with Crippen molar-refractivity contribution in [1.29, 1.82) is 0 Å². The van der Waals surface area contributed by atoms with Crippen molar-refractivity contribution in [2.24, 2.45) is 5.73 Å². The van der Waals surface area contributed by atoms with Gasteiger partial charge in [0, 0.05) is 17.6 Å². The van der Waals surface area contributed by atoms with E-state index < -0.39 is 21.3 Å². The van der Waals surface area contributed by atoms with Crippen LogP contribution in [0.15, 0.2) is 0 Å². The van der Waals surface area contributed by atoms with E-state index >= 15 is 0 Å². The van der Waals surface area contributed by atoms with E-state index in [-0.39, 0.29) is 6.54 Å². The van der Waals surface area contributed by atoms with E-state index in [0.29, 0.717) is 0 Å². The maximum absolute atomic E-state index is 11.5. The van der Waals surface area contributed by atoms with Gasteiger partial charge in [0.05, 0.1) is 0 Å². The Kier molecular flexibility index (Phi) is 4.09. The highest BCUT2D eigenvalue weighted by Crippen LogP contribution is 2.05. The Morgan fingerprint density at radius 1 is 1.07 bits per heavy atom. The van der Waals surface area contributed by atoms with Crippen LogP contribution in [-0.2, 0) is 10.2 Å². The van der Waals surface area contributed by atoms with Crippen molar-refractivity contribution in [2.45, 2.75) is 45.7 Å². The predicted molar refractivity (Wildman–Crippen MR) is 58.1 cm³/mol. The van der Waals surface area contributed by atoms with Crippen molar-refractivity contribution in [3.05, 3.63) is 0 Å². The average Bonchev–Trinajstić information content (AvgIpc) is 1.78. The van der Waals surface area contributed by atoms with Gasteiger partial charge in [-0.3, -0.25) is 0 Å². The van der Waals surface area contributed by atoms with Gasteiger partial charge in [-0.25, -0.2) is 0 Å². The summed E-state index contributed by atoms with van der Waals surface area (Å²) < 4.78 is 28.1. The molecule has 14 heavy (non-hydrogen) atoms. The van der Waals surface area contributed by atoms with Crippen LogP contribution in [0.3, 0.4) is 0 Å². The van der Waals surface area contributed by atoms with E-state index in [0.717, 1.165) is 0 Å². The highest BCUT2D eigenvalue weighted by atomic mass is 32.2. The van der Waals surface area contributed by atoms with Crippen LogP contribution in [0.25, 0.3) is 0 Å². The molecule has 0 heterocycles. The lowest BCUT2D eigenvalue weighted by Crippen LogP contribution is -2.56. The Bertz CT molecular complexity index is 277. The fraction of sp³-hybridized carbons (Fsp3) is 1.00. The van der Waals surface area contributed by atoms with Gasteiger partial charge < -0.3 is 5.73 Å². The van der Waals surface area contributed by atoms with Crippen molar-refractivity contribution >= 4 is 10.2 Å². The summed E-state index contributed by atoms with van der Waals surface area (Å²) in [5.41, 5.74) is 4.31. The van der Waals surface area contributed by atoms with Gasteiger partial charge in [-0.05, 0) is 34.6 Å². The van der Waals surface area contributed by atoms with Gasteiger partial charge in [-0.2, -0.15) is 17.9 Å². The molecular weight excluding hydrogens is 202 g/mol. The van der Waals surface area contributed by atoms with Crippen LogP contribution in [0, 0.1) is 0 Å². The minimum atomic E-state index is -3.49. The first-order valence-corrected chi connectivity index (χ1v) is 5.99. The summed E-state index contributed by atoms with van der Waals surface area (Å²) >= 11 is 0. The monoisotopic (exact) mass is 223 g/mol. The van der Waals surface area contributed by atoms with Crippen molar-refractivity contribution in [3.63, 3.8) is 0 Å². The fourth-order valence-electron chi connectivity index (χ4n) is 0.834. The molecule has 0 bridgehead atoms. The molecule has 5 nitrogen and oxygen atoms in total. The maximum Gasteiger partial charge on any atom is 0.277 e. The number of nitrogens with two attached hydrogens (primary N) is 1. The largest absolute Gasteiger partial charge is 0.329 e. The fourth-order valence-corrected chi connectivity index (χ4v) is 2.50. The zero-order valence-electron chi connectivity index (χ0n) is 9.51. The molecule has 0 atom stereocenters. The number of hydrogen-bond donors (Lipinski definition) is 3. The summed E-state index contributed by atoms with van der Waals surface area (Å²) in [5.74, 6) is 0. The smallest absolute Gasteiger partial charge is 0.277 e. The van der Waals surface area contributed by atoms with Gasteiger partial charge in [0.25, 0.3) is 10.2 Å². The molecule has 0 spiro atoms. The summed E-state index contributed by atoms with van der Waals surface area (Å²) in [5, 5.41) is 0. The lowest BCUT2D eigenvalue weighted by atomic mass is 10.1. The summed E-state index contributed by atoms with van der Waals surface area (Å²) in [6.07, 6.45) is 0. The van der Waals surface area contributed by atoms with Crippen LogP contribution in [-0.4, -0.2) is 26.0 Å². The van der Waals surface area contributed by atoms with Gasteiger partial charge in [0.2, 0.25) is 0 Å². The van der Waals surface area contributed by atoms with E-state index in [4.69, 9.17) is 5.73 Å². The zero-order chi connectivity index (χ0) is 11.6. The first-order valence-electron chi connectivity index (χ1n) is 4.50. The van der Waals surface area contributed by atoms with Crippen molar-refractivity contribution in [2.75, 3.05) is 6.54 Å². The van der Waals surface area contributed by atoms with Gasteiger partial charge in [-0.1, -0.05) is 0 Å². The van der Waals surface area contributed by atoms with Crippen LogP contribution >= 0.6 is 0 Å². The highest BCUT2D eigenvalue weighted by Gasteiger charge is 2.26. The molecule has 0 saturated carbocycles. The second kappa shape index (κ2) is 4.14. The second-order valence-electron chi connectivity index (χ2n) is 5.05. The second-order valence-corrected chi connectivity index (χ2v) is 6.46. The molecule has 0 radical (unpaired) electrons. The van der Waals surface area contributed by atoms with E-state index in [1.165, 1.54) is 0 Å². The molecule has 0 aromatic rings. The van der Waals surface area contributed by atoms with Gasteiger partial charge >= 0.3 is 0 Å². The molecule has 0 amide bonds. The zero-order valence-corrected chi connectivity index (χ0v) is 10.3. The molecule has 6 heteroatoms. The molecule has 0 rings (SSSR count). The van der Waals surface area contributed by atoms with Crippen molar-refractivity contribution < 1.29 is 8.42 Å². The highest BCUT2D eigenvalue weighted by molar-refractivity contribution is 7.87. The van der Waals surface area contributed by atoms with Crippen LogP contribution < -0.4 is 15.2 Å². The third-order valence-electron chi connectivity index (χ3n) is 1.36. The standard InChI is InChI=1S/C8H21N3O2S/c1-7(2,3)10-14(12,13)11-8(4,5)6-9/h10-11H,6,9H2,1-5H3. The predicted octanol–water partition coefficient (Wildman–Crippen LogP) is -0.0538. The Hall–Kier alpha value is -0.170. The van der Waals surface area contributed by atoms with Crippen LogP contribution in [0.5, 0.6) is 0 Å².